The standard InChI is InChI=1S/C64H47N.C61H49N/c1-63(2)57-33-17-14-29-52(57)53-42-41-49(43-60(53)63)65(48-39-37-45(38-40-48)44-21-6-3-7-22-44)61-36-19-16-30-54(61)50-27-12-13-28-51(50)55-32-20-35-59-62(55)56-31-15-18-34-58(56)64(59,46-23-8-4-9-24-46)47-25-10-5-11-26-47;1-41(2)42-32-34-48(35-33-42)62(50-36-37-53-52-26-11-13-29-55(52)60(3,4)58(53)40-50)49-25-16-19-44(39-49)43-18-15-20-45(38-43)51-28-17-31-57-59(51)54-27-12-14-30-56(54)61(57,46-21-7-5-8-22-46)47-23-9-6-10-24-47/h3-43H,1-2H3;5-41H,1-4H3. The highest BCUT2D eigenvalue weighted by Crippen LogP contribution is 2.62. The van der Waals surface area contributed by atoms with Gasteiger partial charge in [0.15, 0.2) is 0 Å². The highest BCUT2D eigenvalue weighted by Gasteiger charge is 2.49. The first-order valence-electron chi connectivity index (χ1n) is 44.8. The summed E-state index contributed by atoms with van der Waals surface area (Å²) in [5, 5.41) is 0. The highest BCUT2D eigenvalue weighted by molar-refractivity contribution is 6.03. The van der Waals surface area contributed by atoms with Crippen molar-refractivity contribution in [3.8, 4) is 100 Å². The maximum absolute atomic E-state index is 2.47. The van der Waals surface area contributed by atoms with Gasteiger partial charge >= 0.3 is 0 Å². The Morgan fingerprint density at radius 2 is 0.496 bits per heavy atom. The number of rotatable bonds is 16. The Labute approximate surface area is 747 Å². The summed E-state index contributed by atoms with van der Waals surface area (Å²) in [6.45, 7) is 14.0. The SMILES string of the molecule is CC(C)c1ccc(N(c2cccc(-c3cccc(-c4cccc5c4-c4ccccc4C5(c4ccccc4)c4ccccc4)c3)c2)c2ccc3c(c2)C(C)(C)c2ccccc2-3)cc1.CC1(C)c2ccccc2-c2ccc(N(c3ccc(-c4ccccc4)cc3)c3ccccc3-c3ccccc3-c3cccc4c3-c3ccccc3C4(c3ccccc3)c3ccccc3)cc21. The molecule has 2 heteroatoms. The van der Waals surface area contributed by atoms with Crippen molar-refractivity contribution in [2.75, 3.05) is 9.80 Å². The van der Waals surface area contributed by atoms with Gasteiger partial charge in [0.2, 0.25) is 0 Å². The molecule has 0 bridgehead atoms. The van der Waals surface area contributed by atoms with E-state index in [-0.39, 0.29) is 10.8 Å². The fourth-order valence-corrected chi connectivity index (χ4v) is 22.0. The van der Waals surface area contributed by atoms with Crippen LogP contribution in [0.2, 0.25) is 0 Å². The summed E-state index contributed by atoms with van der Waals surface area (Å²) < 4.78 is 0. The molecule has 0 fully saturated rings. The molecule has 0 unspecified atom stereocenters. The molecule has 2 nitrogen and oxygen atoms in total. The smallest absolute Gasteiger partial charge is 0.0713 e. The number of benzene rings is 19. The third-order valence-electron chi connectivity index (χ3n) is 27.9. The summed E-state index contributed by atoms with van der Waals surface area (Å²) in [4.78, 5) is 4.91. The molecule has 0 saturated heterocycles. The minimum absolute atomic E-state index is 0.0998. The van der Waals surface area contributed by atoms with Gasteiger partial charge in [-0.05, 0) is 246 Å². The van der Waals surface area contributed by atoms with Gasteiger partial charge in [0.25, 0.3) is 0 Å². The average Bonchev–Trinajstić information content (AvgIpc) is 1.54. The molecule has 127 heavy (non-hydrogen) atoms. The van der Waals surface area contributed by atoms with E-state index in [1.165, 1.54) is 172 Å². The van der Waals surface area contributed by atoms with Crippen molar-refractivity contribution in [3.63, 3.8) is 0 Å². The van der Waals surface area contributed by atoms with Crippen molar-refractivity contribution in [1.82, 2.24) is 0 Å². The van der Waals surface area contributed by atoms with Crippen molar-refractivity contribution in [2.45, 2.75) is 69.1 Å². The lowest BCUT2D eigenvalue weighted by atomic mass is 9.67. The Hall–Kier alpha value is -15.2. The molecule has 0 radical (unpaired) electrons. The zero-order valence-corrected chi connectivity index (χ0v) is 72.4. The second-order valence-corrected chi connectivity index (χ2v) is 35.8. The van der Waals surface area contributed by atoms with Gasteiger partial charge in [-0.25, -0.2) is 0 Å². The van der Waals surface area contributed by atoms with E-state index in [2.05, 4.69) is 518 Å². The number of nitrogens with zero attached hydrogens (tertiary/aromatic N) is 2. The number of hydrogen-bond acceptors (Lipinski definition) is 2. The summed E-state index contributed by atoms with van der Waals surface area (Å²) in [5.41, 5.74) is 45.2. The molecule has 606 valence electrons. The fourth-order valence-electron chi connectivity index (χ4n) is 22.0. The molecule has 0 N–H and O–H groups in total. The van der Waals surface area contributed by atoms with Crippen LogP contribution in [0.25, 0.3) is 100 Å². The minimum atomic E-state index is -0.485. The van der Waals surface area contributed by atoms with Gasteiger partial charge in [0.1, 0.15) is 0 Å². The van der Waals surface area contributed by atoms with E-state index in [4.69, 9.17) is 0 Å². The third kappa shape index (κ3) is 12.7. The van der Waals surface area contributed by atoms with E-state index in [1.807, 2.05) is 0 Å². The molecule has 0 amide bonds. The fraction of sp³-hybridized carbons (Fsp3) is 0.0880. The largest absolute Gasteiger partial charge is 0.310 e. The number of fused-ring (bicyclic) bond motifs is 12. The summed E-state index contributed by atoms with van der Waals surface area (Å²) in [6.07, 6.45) is 0. The Kier molecular flexibility index (Phi) is 19.3. The molecule has 19 aromatic rings. The van der Waals surface area contributed by atoms with Crippen molar-refractivity contribution >= 4 is 34.1 Å². The quantitative estimate of drug-likeness (QED) is 0.0951. The average molecular weight is 1630 g/mol. The summed E-state index contributed by atoms with van der Waals surface area (Å²) in [7, 11) is 0. The zero-order chi connectivity index (χ0) is 85.5. The monoisotopic (exact) mass is 1620 g/mol. The molecule has 0 heterocycles. The first-order valence-corrected chi connectivity index (χ1v) is 44.8. The molecule has 4 aliphatic rings. The Balaban J connectivity index is 0.000000150. The van der Waals surface area contributed by atoms with Crippen LogP contribution in [0, 0.1) is 0 Å². The van der Waals surface area contributed by atoms with Gasteiger partial charge in [0.05, 0.1) is 16.5 Å². The second kappa shape index (κ2) is 31.5. The van der Waals surface area contributed by atoms with E-state index >= 15 is 0 Å². The van der Waals surface area contributed by atoms with Crippen LogP contribution in [0.5, 0.6) is 0 Å². The predicted octanol–water partition coefficient (Wildman–Crippen LogP) is 33.1. The van der Waals surface area contributed by atoms with Crippen LogP contribution in [-0.4, -0.2) is 0 Å². The number of para-hydroxylation sites is 1. The summed E-state index contributed by atoms with van der Waals surface area (Å²) >= 11 is 0. The first-order chi connectivity index (χ1) is 62.4. The molecule has 0 spiro atoms. The molecule has 0 atom stereocenters. The van der Waals surface area contributed by atoms with Crippen molar-refractivity contribution < 1.29 is 0 Å². The van der Waals surface area contributed by atoms with Gasteiger partial charge in [-0.1, -0.05) is 436 Å². The van der Waals surface area contributed by atoms with Gasteiger partial charge < -0.3 is 9.80 Å². The van der Waals surface area contributed by atoms with E-state index in [1.54, 1.807) is 0 Å². The van der Waals surface area contributed by atoms with Crippen LogP contribution < -0.4 is 9.80 Å². The topological polar surface area (TPSA) is 6.48 Å². The lowest BCUT2D eigenvalue weighted by Crippen LogP contribution is -2.28. The van der Waals surface area contributed by atoms with Gasteiger partial charge in [0, 0.05) is 44.8 Å². The van der Waals surface area contributed by atoms with E-state index < -0.39 is 10.8 Å². The van der Waals surface area contributed by atoms with Crippen LogP contribution in [-0.2, 0) is 21.7 Å². The van der Waals surface area contributed by atoms with Crippen LogP contribution >= 0.6 is 0 Å². The van der Waals surface area contributed by atoms with Gasteiger partial charge in [-0.3, -0.25) is 0 Å². The zero-order valence-electron chi connectivity index (χ0n) is 72.4. The Morgan fingerprint density at radius 1 is 0.181 bits per heavy atom. The molecular formula is C125H96N2. The molecular weight excluding hydrogens is 1530 g/mol. The van der Waals surface area contributed by atoms with Crippen LogP contribution in [0.15, 0.2) is 467 Å². The van der Waals surface area contributed by atoms with E-state index in [0.29, 0.717) is 5.92 Å². The third-order valence-corrected chi connectivity index (χ3v) is 27.9. The molecule has 23 rings (SSSR count). The predicted molar refractivity (Wildman–Crippen MR) is 533 cm³/mol. The Bertz CT molecular complexity index is 7310. The van der Waals surface area contributed by atoms with Crippen LogP contribution in [0.4, 0.5) is 34.1 Å². The van der Waals surface area contributed by atoms with Gasteiger partial charge in [-0.2, -0.15) is 0 Å². The first kappa shape index (κ1) is 77.8. The maximum Gasteiger partial charge on any atom is 0.0713 e. The number of anilines is 6. The number of hydrogen-bond donors (Lipinski definition) is 0. The summed E-state index contributed by atoms with van der Waals surface area (Å²) in [6, 6.07) is 173. The molecule has 0 aliphatic heterocycles. The van der Waals surface area contributed by atoms with Crippen LogP contribution in [0.1, 0.15) is 120 Å². The maximum atomic E-state index is 2.47. The van der Waals surface area contributed by atoms with Crippen molar-refractivity contribution in [3.05, 3.63) is 539 Å². The highest BCUT2D eigenvalue weighted by atomic mass is 15.1. The van der Waals surface area contributed by atoms with Gasteiger partial charge in [-0.15, -0.1) is 0 Å². The van der Waals surface area contributed by atoms with Crippen LogP contribution in [0.3, 0.4) is 0 Å². The normalized spacial score (nSPS) is 13.8. The summed E-state index contributed by atoms with van der Waals surface area (Å²) in [5.74, 6) is 0.458. The van der Waals surface area contributed by atoms with Crippen molar-refractivity contribution in [2.24, 2.45) is 0 Å². The molecule has 0 aromatic heterocycles. The van der Waals surface area contributed by atoms with E-state index in [0.717, 1.165) is 34.1 Å². The van der Waals surface area contributed by atoms with E-state index in [9.17, 15) is 0 Å². The lowest BCUT2D eigenvalue weighted by Gasteiger charge is -2.34. The molecule has 4 aliphatic carbocycles. The lowest BCUT2D eigenvalue weighted by molar-refractivity contribution is 0.660. The second-order valence-electron chi connectivity index (χ2n) is 35.8. The molecule has 0 saturated carbocycles. The minimum Gasteiger partial charge on any atom is -0.310 e. The van der Waals surface area contributed by atoms with Crippen molar-refractivity contribution in [1.29, 1.82) is 0 Å². The Morgan fingerprint density at radius 3 is 1.00 bits per heavy atom. The molecule has 19 aromatic carbocycles.